The van der Waals surface area contributed by atoms with Crippen LogP contribution in [0, 0.1) is 0 Å². The van der Waals surface area contributed by atoms with Crippen molar-refractivity contribution < 1.29 is 23.7 Å². The van der Waals surface area contributed by atoms with Crippen LogP contribution in [0.5, 0.6) is 23.0 Å². The van der Waals surface area contributed by atoms with E-state index in [-0.39, 0.29) is 11.3 Å². The molecule has 174 valence electrons. The highest BCUT2D eigenvalue weighted by atomic mass is 32.2. The summed E-state index contributed by atoms with van der Waals surface area (Å²) in [7, 11) is 8.19. The van der Waals surface area contributed by atoms with E-state index < -0.39 is 0 Å². The summed E-state index contributed by atoms with van der Waals surface area (Å²) in [6.45, 7) is 0.616. The van der Waals surface area contributed by atoms with Crippen LogP contribution in [0.25, 0.3) is 11.3 Å². The second-order valence-electron chi connectivity index (χ2n) is 7.44. The lowest BCUT2D eigenvalue weighted by Crippen LogP contribution is -2.32. The van der Waals surface area contributed by atoms with Gasteiger partial charge >= 0.3 is 0 Å². The zero-order valence-corrected chi connectivity index (χ0v) is 20.1. The summed E-state index contributed by atoms with van der Waals surface area (Å²) in [4.78, 5) is 15.5. The highest BCUT2D eigenvalue weighted by Crippen LogP contribution is 2.46. The molecule has 1 saturated heterocycles. The smallest absolute Gasteiger partial charge is 0.273 e. The van der Waals surface area contributed by atoms with Gasteiger partial charge in [0.15, 0.2) is 11.5 Å². The number of nitrogens with zero attached hydrogens (tertiary/aromatic N) is 3. The van der Waals surface area contributed by atoms with E-state index in [2.05, 4.69) is 5.10 Å². The number of hydrogen-bond donors (Lipinski definition) is 0. The van der Waals surface area contributed by atoms with E-state index in [1.54, 1.807) is 58.0 Å². The molecule has 0 radical (unpaired) electrons. The van der Waals surface area contributed by atoms with Crippen LogP contribution in [-0.4, -0.2) is 61.3 Å². The van der Waals surface area contributed by atoms with Gasteiger partial charge in [0, 0.05) is 36.5 Å². The Balaban J connectivity index is 1.67. The van der Waals surface area contributed by atoms with E-state index in [4.69, 9.17) is 18.9 Å². The first-order chi connectivity index (χ1) is 16.0. The lowest BCUT2D eigenvalue weighted by Gasteiger charge is -2.26. The fraction of sp³-hybridized carbons (Fsp3) is 0.333. The van der Waals surface area contributed by atoms with E-state index in [0.717, 1.165) is 22.6 Å². The first kappa shape index (κ1) is 22.8. The van der Waals surface area contributed by atoms with Crippen LogP contribution in [0.1, 0.15) is 21.4 Å². The summed E-state index contributed by atoms with van der Waals surface area (Å²) in [5.41, 5.74) is 2.98. The monoisotopic (exact) mass is 469 g/mol. The van der Waals surface area contributed by atoms with Gasteiger partial charge in [-0.05, 0) is 24.3 Å². The van der Waals surface area contributed by atoms with Gasteiger partial charge in [0.05, 0.1) is 34.1 Å². The Morgan fingerprint density at radius 1 is 0.970 bits per heavy atom. The van der Waals surface area contributed by atoms with Gasteiger partial charge in [-0.15, -0.1) is 11.8 Å². The lowest BCUT2D eigenvalue weighted by molar-refractivity contribution is 0.0748. The molecule has 4 rings (SSSR count). The Labute approximate surface area is 197 Å². The van der Waals surface area contributed by atoms with Crippen molar-refractivity contribution in [3.63, 3.8) is 0 Å². The van der Waals surface area contributed by atoms with Crippen molar-refractivity contribution in [3.8, 4) is 34.3 Å². The third kappa shape index (κ3) is 4.32. The fourth-order valence-corrected chi connectivity index (χ4v) is 5.19. The van der Waals surface area contributed by atoms with Gasteiger partial charge in [-0.3, -0.25) is 9.48 Å². The number of methoxy groups -OCH3 is 4. The fourth-order valence-electron chi connectivity index (χ4n) is 3.92. The van der Waals surface area contributed by atoms with Crippen molar-refractivity contribution in [2.45, 2.75) is 5.37 Å². The molecule has 1 aromatic heterocycles. The predicted molar refractivity (Wildman–Crippen MR) is 128 cm³/mol. The highest BCUT2D eigenvalue weighted by Gasteiger charge is 2.35. The van der Waals surface area contributed by atoms with E-state index in [1.165, 1.54) is 0 Å². The van der Waals surface area contributed by atoms with Crippen LogP contribution < -0.4 is 18.9 Å². The van der Waals surface area contributed by atoms with Crippen molar-refractivity contribution in [2.24, 2.45) is 7.05 Å². The summed E-state index contributed by atoms with van der Waals surface area (Å²) in [6.07, 6.45) is 0. The normalized spacial score (nSPS) is 15.4. The Hall–Kier alpha value is -3.33. The van der Waals surface area contributed by atoms with Crippen molar-refractivity contribution in [3.05, 3.63) is 53.7 Å². The summed E-state index contributed by atoms with van der Waals surface area (Å²) in [6, 6.07) is 13.1. The topological polar surface area (TPSA) is 75.1 Å². The maximum Gasteiger partial charge on any atom is 0.273 e. The number of aromatic nitrogens is 2. The Morgan fingerprint density at radius 3 is 2.39 bits per heavy atom. The van der Waals surface area contributed by atoms with Crippen LogP contribution in [0.4, 0.5) is 0 Å². The van der Waals surface area contributed by atoms with Crippen LogP contribution >= 0.6 is 11.8 Å². The average Bonchev–Trinajstić information content (AvgIpc) is 3.49. The molecule has 9 heteroatoms. The number of benzene rings is 2. The van der Waals surface area contributed by atoms with Gasteiger partial charge in [0.25, 0.3) is 5.91 Å². The first-order valence-electron chi connectivity index (χ1n) is 10.4. The Kier molecular flexibility index (Phi) is 6.69. The standard InChI is InChI=1S/C24H27N3O5S/c1-26-19(13-18(25-26)15-7-6-8-16(11-15)29-2)23(28)27-9-10-33-24(27)17-12-21(31-4)22(32-5)14-20(17)30-3/h6-8,11-14,24H,9-10H2,1-5H3. The summed E-state index contributed by atoms with van der Waals surface area (Å²) in [5.74, 6) is 3.28. The molecule has 0 saturated carbocycles. The molecule has 8 nitrogen and oxygen atoms in total. The SMILES string of the molecule is COc1cccc(-c2cc(C(=O)N3CCSC3c3cc(OC)c(OC)cc3OC)n(C)n2)c1. The van der Waals surface area contributed by atoms with E-state index >= 15 is 0 Å². The molecule has 3 aromatic rings. The van der Waals surface area contributed by atoms with Gasteiger partial charge in [-0.1, -0.05) is 12.1 Å². The second kappa shape index (κ2) is 9.66. The van der Waals surface area contributed by atoms with Crippen LogP contribution in [-0.2, 0) is 7.05 Å². The molecular formula is C24H27N3O5S. The number of rotatable bonds is 7. The molecule has 0 N–H and O–H groups in total. The minimum absolute atomic E-state index is 0.0917. The first-order valence-corrected chi connectivity index (χ1v) is 11.5. The molecule has 0 bridgehead atoms. The zero-order chi connectivity index (χ0) is 23.5. The number of thioether (sulfide) groups is 1. The quantitative estimate of drug-likeness (QED) is 0.518. The zero-order valence-electron chi connectivity index (χ0n) is 19.3. The number of carbonyl (C=O) groups excluding carboxylic acids is 1. The van der Waals surface area contributed by atoms with Gasteiger partial charge in [-0.2, -0.15) is 5.10 Å². The average molecular weight is 470 g/mol. The molecule has 1 fully saturated rings. The maximum atomic E-state index is 13.6. The Bertz CT molecular complexity index is 1160. The molecule has 2 heterocycles. The summed E-state index contributed by atoms with van der Waals surface area (Å²) < 4.78 is 23.5. The van der Waals surface area contributed by atoms with Crippen molar-refractivity contribution in [1.29, 1.82) is 0 Å². The molecule has 1 aliphatic heterocycles. The van der Waals surface area contributed by atoms with Gasteiger partial charge in [0.2, 0.25) is 0 Å². The minimum atomic E-state index is -0.220. The molecule has 1 atom stereocenters. The third-order valence-corrected chi connectivity index (χ3v) is 6.86. The number of carbonyl (C=O) groups is 1. The largest absolute Gasteiger partial charge is 0.497 e. The van der Waals surface area contributed by atoms with Crippen LogP contribution in [0.3, 0.4) is 0 Å². The van der Waals surface area contributed by atoms with Gasteiger partial charge < -0.3 is 23.8 Å². The van der Waals surface area contributed by atoms with Crippen molar-refractivity contribution in [1.82, 2.24) is 14.7 Å². The van der Waals surface area contributed by atoms with Crippen LogP contribution in [0.2, 0.25) is 0 Å². The number of aryl methyl sites for hydroxylation is 1. The molecule has 2 aromatic carbocycles. The number of hydrogen-bond acceptors (Lipinski definition) is 7. The number of amides is 1. The van der Waals surface area contributed by atoms with Crippen LogP contribution in [0.15, 0.2) is 42.5 Å². The number of ether oxygens (including phenoxy) is 4. The third-order valence-electron chi connectivity index (χ3n) is 5.62. The highest BCUT2D eigenvalue weighted by molar-refractivity contribution is 7.99. The van der Waals surface area contributed by atoms with Gasteiger partial charge in [0.1, 0.15) is 22.6 Å². The molecular weight excluding hydrogens is 442 g/mol. The predicted octanol–water partition coefficient (Wildman–Crippen LogP) is 4.01. The van der Waals surface area contributed by atoms with Gasteiger partial charge in [-0.25, -0.2) is 0 Å². The van der Waals surface area contributed by atoms with E-state index in [1.807, 2.05) is 41.3 Å². The van der Waals surface area contributed by atoms with E-state index in [0.29, 0.717) is 35.2 Å². The maximum absolute atomic E-state index is 13.6. The summed E-state index contributed by atoms with van der Waals surface area (Å²) >= 11 is 1.69. The second-order valence-corrected chi connectivity index (χ2v) is 8.63. The molecule has 0 aliphatic carbocycles. The van der Waals surface area contributed by atoms with E-state index in [9.17, 15) is 4.79 Å². The molecule has 1 amide bonds. The summed E-state index contributed by atoms with van der Waals surface area (Å²) in [5, 5.41) is 4.36. The van der Waals surface area contributed by atoms with Crippen molar-refractivity contribution >= 4 is 17.7 Å². The molecule has 33 heavy (non-hydrogen) atoms. The Morgan fingerprint density at radius 2 is 1.70 bits per heavy atom. The van der Waals surface area contributed by atoms with Crippen molar-refractivity contribution in [2.75, 3.05) is 40.7 Å². The minimum Gasteiger partial charge on any atom is -0.497 e. The molecule has 1 unspecified atom stereocenters. The molecule has 0 spiro atoms. The molecule has 1 aliphatic rings. The lowest BCUT2D eigenvalue weighted by atomic mass is 10.1.